The van der Waals surface area contributed by atoms with E-state index in [1.54, 1.807) is 12.8 Å². The minimum Gasteiger partial charge on any atom is -0.0619 e. The molecule has 0 heteroatoms. The van der Waals surface area contributed by atoms with Crippen LogP contribution in [-0.2, 0) is 0 Å². The fourth-order valence-electron chi connectivity index (χ4n) is 6.64. The van der Waals surface area contributed by atoms with Gasteiger partial charge in [0.1, 0.15) is 0 Å². The Bertz CT molecular complexity index is 300. The van der Waals surface area contributed by atoms with E-state index in [4.69, 9.17) is 0 Å². The Morgan fingerprint density at radius 1 is 0.867 bits per heavy atom. The number of rotatable bonds is 0. The highest BCUT2D eigenvalue weighted by atomic mass is 14.8. The molecule has 0 N–H and O–H groups in total. The highest BCUT2D eigenvalue weighted by Gasteiger charge is 2.75. The fourth-order valence-corrected chi connectivity index (χ4v) is 6.64. The number of hydrogen-bond donors (Lipinski definition) is 0. The van der Waals surface area contributed by atoms with Gasteiger partial charge in [-0.3, -0.25) is 0 Å². The van der Waals surface area contributed by atoms with Crippen molar-refractivity contribution in [1.29, 1.82) is 0 Å². The minimum absolute atomic E-state index is 0.634. The summed E-state index contributed by atoms with van der Waals surface area (Å²) in [5.41, 5.74) is 0.634. The SMILES string of the molecule is CC1C2C3CCC4C2C3C4C(C)(C)C1C. The van der Waals surface area contributed by atoms with Crippen molar-refractivity contribution in [3.8, 4) is 0 Å². The van der Waals surface area contributed by atoms with Gasteiger partial charge in [-0.05, 0) is 65.6 Å². The molecule has 0 aliphatic heterocycles. The second-order valence-electron chi connectivity index (χ2n) is 7.63. The van der Waals surface area contributed by atoms with Crippen molar-refractivity contribution in [2.75, 3.05) is 0 Å². The fraction of sp³-hybridized carbons (Fsp3) is 1.00. The second-order valence-corrected chi connectivity index (χ2v) is 7.63. The summed E-state index contributed by atoms with van der Waals surface area (Å²) in [6.07, 6.45) is 3.16. The summed E-state index contributed by atoms with van der Waals surface area (Å²) in [5.74, 6) is 8.87. The summed E-state index contributed by atoms with van der Waals surface area (Å²) in [7, 11) is 0. The predicted molar refractivity (Wildman–Crippen MR) is 62.3 cm³/mol. The molecule has 0 radical (unpaired) electrons. The molecule has 0 aromatic heterocycles. The molecule has 0 aromatic carbocycles. The van der Waals surface area contributed by atoms with E-state index in [9.17, 15) is 0 Å². The largest absolute Gasteiger partial charge is 0.0619 e. The maximum Gasteiger partial charge on any atom is -0.0292 e. The van der Waals surface area contributed by atoms with E-state index in [1.165, 1.54) is 11.8 Å². The van der Waals surface area contributed by atoms with Crippen molar-refractivity contribution in [3.63, 3.8) is 0 Å². The topological polar surface area (TPSA) is 0 Å². The van der Waals surface area contributed by atoms with E-state index in [1.807, 2.05) is 0 Å². The van der Waals surface area contributed by atoms with E-state index >= 15 is 0 Å². The van der Waals surface area contributed by atoms with Crippen molar-refractivity contribution in [2.45, 2.75) is 40.5 Å². The molecule has 6 aliphatic carbocycles. The molecule has 6 fully saturated rings. The van der Waals surface area contributed by atoms with Gasteiger partial charge >= 0.3 is 0 Å². The normalized spacial score (nSPS) is 68.0. The van der Waals surface area contributed by atoms with Crippen molar-refractivity contribution in [2.24, 2.45) is 52.8 Å². The average molecular weight is 204 g/mol. The van der Waals surface area contributed by atoms with Crippen molar-refractivity contribution in [1.82, 2.24) is 0 Å². The van der Waals surface area contributed by atoms with Gasteiger partial charge in [-0.15, -0.1) is 0 Å². The molecule has 15 heavy (non-hydrogen) atoms. The molecule has 6 bridgehead atoms. The van der Waals surface area contributed by atoms with Gasteiger partial charge in [0, 0.05) is 0 Å². The van der Waals surface area contributed by atoms with Crippen LogP contribution < -0.4 is 0 Å². The van der Waals surface area contributed by atoms with Crippen LogP contribution in [-0.4, -0.2) is 0 Å². The molecule has 8 atom stereocenters. The van der Waals surface area contributed by atoms with Crippen LogP contribution in [0, 0.1) is 52.8 Å². The summed E-state index contributed by atoms with van der Waals surface area (Å²) in [6, 6.07) is 0. The highest BCUT2D eigenvalue weighted by Crippen LogP contribution is 2.80. The third-order valence-electron chi connectivity index (χ3n) is 7.51. The van der Waals surface area contributed by atoms with Crippen LogP contribution in [0.15, 0.2) is 0 Å². The molecule has 0 amide bonds. The Morgan fingerprint density at radius 2 is 1.53 bits per heavy atom. The van der Waals surface area contributed by atoms with Crippen molar-refractivity contribution >= 4 is 0 Å². The monoisotopic (exact) mass is 204 g/mol. The van der Waals surface area contributed by atoms with Gasteiger partial charge in [0.15, 0.2) is 0 Å². The van der Waals surface area contributed by atoms with Crippen molar-refractivity contribution in [3.05, 3.63) is 0 Å². The van der Waals surface area contributed by atoms with Crippen LogP contribution in [0.5, 0.6) is 0 Å². The first-order valence-electron chi connectivity index (χ1n) is 7.05. The lowest BCUT2D eigenvalue weighted by atomic mass is 9.31. The van der Waals surface area contributed by atoms with Crippen LogP contribution in [0.4, 0.5) is 0 Å². The van der Waals surface area contributed by atoms with Gasteiger partial charge in [-0.2, -0.15) is 0 Å². The zero-order valence-electron chi connectivity index (χ0n) is 10.5. The van der Waals surface area contributed by atoms with E-state index in [2.05, 4.69) is 27.7 Å². The van der Waals surface area contributed by atoms with Crippen LogP contribution in [0.3, 0.4) is 0 Å². The zero-order chi connectivity index (χ0) is 10.5. The van der Waals surface area contributed by atoms with E-state index < -0.39 is 0 Å². The molecule has 6 aliphatic rings. The Kier molecular flexibility index (Phi) is 1.40. The second kappa shape index (κ2) is 2.31. The molecule has 84 valence electrons. The first kappa shape index (κ1) is 9.07. The van der Waals surface area contributed by atoms with E-state index in [0.717, 1.165) is 35.5 Å². The van der Waals surface area contributed by atoms with Crippen LogP contribution in [0.1, 0.15) is 40.5 Å². The molecule has 0 saturated heterocycles. The lowest BCUT2D eigenvalue weighted by Gasteiger charge is -2.74. The molecule has 0 heterocycles. The summed E-state index contributed by atoms with van der Waals surface area (Å²) >= 11 is 0. The smallest absolute Gasteiger partial charge is 0.0292 e. The van der Waals surface area contributed by atoms with Gasteiger partial charge in [0.05, 0.1) is 0 Å². The molecule has 6 saturated carbocycles. The van der Waals surface area contributed by atoms with Crippen LogP contribution >= 0.6 is 0 Å². The van der Waals surface area contributed by atoms with Crippen molar-refractivity contribution < 1.29 is 0 Å². The molecule has 8 unspecified atom stereocenters. The van der Waals surface area contributed by atoms with Crippen LogP contribution in [0.2, 0.25) is 0 Å². The summed E-state index contributed by atoms with van der Waals surface area (Å²) in [4.78, 5) is 0. The first-order valence-corrected chi connectivity index (χ1v) is 7.05. The predicted octanol–water partition coefficient (Wildman–Crippen LogP) is 3.82. The van der Waals surface area contributed by atoms with Gasteiger partial charge in [-0.25, -0.2) is 0 Å². The quantitative estimate of drug-likeness (QED) is 0.563. The standard InChI is InChI=1S/C15H24/c1-7-8(2)15(3,4)14-10-6-5-9-11(7)12(10)13(9)14/h7-14H,5-6H2,1-4H3. The Hall–Kier alpha value is 0. The third kappa shape index (κ3) is 0.718. The highest BCUT2D eigenvalue weighted by molar-refractivity contribution is 5.22. The summed E-state index contributed by atoms with van der Waals surface area (Å²) < 4.78 is 0. The number of hydrogen-bond acceptors (Lipinski definition) is 0. The van der Waals surface area contributed by atoms with E-state index in [0.29, 0.717) is 5.41 Å². The van der Waals surface area contributed by atoms with Gasteiger partial charge in [0.2, 0.25) is 0 Å². The molecule has 0 aromatic rings. The zero-order valence-corrected chi connectivity index (χ0v) is 10.5. The molecular weight excluding hydrogens is 180 g/mol. The molecular formula is C15H24. The van der Waals surface area contributed by atoms with Gasteiger partial charge < -0.3 is 0 Å². The Morgan fingerprint density at radius 3 is 2.13 bits per heavy atom. The average Bonchev–Trinajstić information content (AvgIpc) is 2.33. The summed E-state index contributed by atoms with van der Waals surface area (Å²) in [5, 5.41) is 0. The minimum atomic E-state index is 0.634. The summed E-state index contributed by atoms with van der Waals surface area (Å²) in [6.45, 7) is 10.2. The lowest BCUT2D eigenvalue weighted by molar-refractivity contribution is -0.263. The lowest BCUT2D eigenvalue weighted by Crippen LogP contribution is -2.69. The maximum atomic E-state index is 2.57. The molecule has 0 nitrogen and oxygen atoms in total. The molecule has 6 rings (SSSR count). The van der Waals surface area contributed by atoms with E-state index in [-0.39, 0.29) is 0 Å². The van der Waals surface area contributed by atoms with Gasteiger partial charge in [0.25, 0.3) is 0 Å². The van der Waals surface area contributed by atoms with Gasteiger partial charge in [-0.1, -0.05) is 27.7 Å². The first-order chi connectivity index (χ1) is 7.05. The third-order valence-corrected chi connectivity index (χ3v) is 7.51. The number of fused-ring (bicyclic) bond motifs is 3. The molecule has 0 spiro atoms. The maximum absolute atomic E-state index is 2.57. The van der Waals surface area contributed by atoms with Crippen LogP contribution in [0.25, 0.3) is 0 Å². The Balaban J connectivity index is 1.84. The Labute approximate surface area is 93.8 Å².